The van der Waals surface area contributed by atoms with E-state index in [4.69, 9.17) is 0 Å². The minimum atomic E-state index is 0.263. The molecule has 1 amide bonds. The van der Waals surface area contributed by atoms with Gasteiger partial charge in [0, 0.05) is 24.3 Å². The quantitative estimate of drug-likeness (QED) is 0.863. The number of likely N-dealkylation sites (tertiary alicyclic amines) is 1. The lowest BCUT2D eigenvalue weighted by atomic mass is 10.1. The Hall–Kier alpha value is -1.77. The van der Waals surface area contributed by atoms with Gasteiger partial charge in [-0.3, -0.25) is 4.79 Å². The van der Waals surface area contributed by atoms with E-state index in [0.29, 0.717) is 6.42 Å². The Bertz CT molecular complexity index is 579. The number of benzene rings is 1. The number of hydrogen-bond donors (Lipinski definition) is 1. The molecule has 1 aromatic carbocycles. The summed E-state index contributed by atoms with van der Waals surface area (Å²) < 4.78 is 0. The molecule has 2 aromatic rings. The average Bonchev–Trinajstić information content (AvgIpc) is 2.95. The highest BCUT2D eigenvalue weighted by molar-refractivity contribution is 5.84. The summed E-state index contributed by atoms with van der Waals surface area (Å²) in [5.41, 5.74) is 3.41. The van der Waals surface area contributed by atoms with Crippen LogP contribution in [-0.2, 0) is 11.2 Å². The van der Waals surface area contributed by atoms with Gasteiger partial charge in [-0.1, -0.05) is 6.07 Å². The maximum atomic E-state index is 12.1. The van der Waals surface area contributed by atoms with Gasteiger partial charge in [0.15, 0.2) is 0 Å². The van der Waals surface area contributed by atoms with Gasteiger partial charge in [0.2, 0.25) is 5.91 Å². The molecule has 1 aliphatic heterocycles. The summed E-state index contributed by atoms with van der Waals surface area (Å²) >= 11 is 0. The van der Waals surface area contributed by atoms with Crippen molar-refractivity contribution in [3.8, 4) is 0 Å². The number of hydrogen-bond acceptors (Lipinski definition) is 1. The Balaban J connectivity index is 1.79. The molecule has 1 aromatic heterocycles. The summed E-state index contributed by atoms with van der Waals surface area (Å²) in [5.74, 6) is 0.263. The van der Waals surface area contributed by atoms with Crippen molar-refractivity contribution in [1.29, 1.82) is 0 Å². The van der Waals surface area contributed by atoms with E-state index in [1.54, 1.807) is 0 Å². The lowest BCUT2D eigenvalue weighted by Crippen LogP contribution is -2.28. The molecule has 0 atom stereocenters. The summed E-state index contributed by atoms with van der Waals surface area (Å²) in [6, 6.07) is 8.35. The van der Waals surface area contributed by atoms with Crippen LogP contribution in [0.3, 0.4) is 0 Å². The first-order chi connectivity index (χ1) is 8.72. The number of nitrogens with one attached hydrogen (secondary N) is 1. The van der Waals surface area contributed by atoms with Crippen LogP contribution in [0.5, 0.6) is 0 Å². The third-order valence-electron chi connectivity index (χ3n) is 3.63. The fourth-order valence-corrected chi connectivity index (χ4v) is 2.69. The van der Waals surface area contributed by atoms with Crippen LogP contribution in [0.1, 0.15) is 24.1 Å². The Morgan fingerprint density at radius 3 is 2.83 bits per heavy atom. The number of aromatic amines is 1. The molecular weight excluding hydrogens is 224 g/mol. The van der Waals surface area contributed by atoms with E-state index in [-0.39, 0.29) is 5.91 Å². The van der Waals surface area contributed by atoms with Crippen molar-refractivity contribution in [3.05, 3.63) is 35.5 Å². The van der Waals surface area contributed by atoms with Gasteiger partial charge in [-0.05, 0) is 48.9 Å². The van der Waals surface area contributed by atoms with Gasteiger partial charge in [-0.2, -0.15) is 0 Å². The average molecular weight is 242 g/mol. The first-order valence-corrected chi connectivity index (χ1v) is 6.58. The summed E-state index contributed by atoms with van der Waals surface area (Å²) in [6.45, 7) is 3.92. The number of nitrogens with zero attached hydrogens (tertiary/aromatic N) is 1. The molecule has 1 saturated heterocycles. The van der Waals surface area contributed by atoms with Crippen molar-refractivity contribution < 1.29 is 4.79 Å². The van der Waals surface area contributed by atoms with Crippen LogP contribution in [0, 0.1) is 6.92 Å². The summed E-state index contributed by atoms with van der Waals surface area (Å²) in [4.78, 5) is 17.4. The molecule has 18 heavy (non-hydrogen) atoms. The van der Waals surface area contributed by atoms with E-state index < -0.39 is 0 Å². The highest BCUT2D eigenvalue weighted by Crippen LogP contribution is 2.18. The maximum Gasteiger partial charge on any atom is 0.226 e. The van der Waals surface area contributed by atoms with Crippen LogP contribution in [0.25, 0.3) is 10.9 Å². The van der Waals surface area contributed by atoms with E-state index in [0.717, 1.165) is 42.7 Å². The maximum absolute atomic E-state index is 12.1. The summed E-state index contributed by atoms with van der Waals surface area (Å²) in [5, 5.41) is 1.19. The molecule has 1 N–H and O–H groups in total. The molecule has 0 saturated carbocycles. The lowest BCUT2D eigenvalue weighted by molar-refractivity contribution is -0.129. The second-order valence-electron chi connectivity index (χ2n) is 5.14. The molecule has 3 heteroatoms. The minimum Gasteiger partial charge on any atom is -0.359 e. The van der Waals surface area contributed by atoms with Crippen molar-refractivity contribution in [2.24, 2.45) is 0 Å². The predicted molar refractivity (Wildman–Crippen MR) is 72.6 cm³/mol. The minimum absolute atomic E-state index is 0.263. The van der Waals surface area contributed by atoms with Gasteiger partial charge in [-0.15, -0.1) is 0 Å². The third-order valence-corrected chi connectivity index (χ3v) is 3.63. The number of aryl methyl sites for hydroxylation is 1. The number of amides is 1. The predicted octanol–water partition coefficient (Wildman–Crippen LogP) is 2.64. The van der Waals surface area contributed by atoms with E-state index in [2.05, 4.69) is 30.1 Å². The van der Waals surface area contributed by atoms with Gasteiger partial charge in [0.25, 0.3) is 0 Å². The zero-order valence-electron chi connectivity index (χ0n) is 10.7. The van der Waals surface area contributed by atoms with Crippen LogP contribution < -0.4 is 0 Å². The number of carbonyl (C=O) groups is 1. The van der Waals surface area contributed by atoms with Crippen LogP contribution in [0.2, 0.25) is 0 Å². The SMILES string of the molecule is Cc1cc2cc(CC(=O)N3CCCC3)ccc2[nH]1. The Morgan fingerprint density at radius 2 is 2.06 bits per heavy atom. The van der Waals surface area contributed by atoms with E-state index in [1.807, 2.05) is 11.0 Å². The Kier molecular flexibility index (Phi) is 2.82. The zero-order chi connectivity index (χ0) is 12.5. The lowest BCUT2D eigenvalue weighted by Gasteiger charge is -2.14. The van der Waals surface area contributed by atoms with Crippen LogP contribution in [0.15, 0.2) is 24.3 Å². The van der Waals surface area contributed by atoms with E-state index in [9.17, 15) is 4.79 Å². The van der Waals surface area contributed by atoms with Gasteiger partial charge in [0.1, 0.15) is 0 Å². The van der Waals surface area contributed by atoms with Gasteiger partial charge < -0.3 is 9.88 Å². The Morgan fingerprint density at radius 1 is 1.28 bits per heavy atom. The molecule has 0 unspecified atom stereocenters. The second-order valence-corrected chi connectivity index (χ2v) is 5.14. The second kappa shape index (κ2) is 4.48. The van der Waals surface area contributed by atoms with Crippen LogP contribution in [-0.4, -0.2) is 28.9 Å². The van der Waals surface area contributed by atoms with Crippen molar-refractivity contribution in [2.45, 2.75) is 26.2 Å². The molecular formula is C15H18N2O. The molecule has 0 radical (unpaired) electrons. The smallest absolute Gasteiger partial charge is 0.226 e. The van der Waals surface area contributed by atoms with Crippen molar-refractivity contribution in [2.75, 3.05) is 13.1 Å². The van der Waals surface area contributed by atoms with Gasteiger partial charge >= 0.3 is 0 Å². The molecule has 0 bridgehead atoms. The van der Waals surface area contributed by atoms with Crippen LogP contribution >= 0.6 is 0 Å². The molecule has 3 nitrogen and oxygen atoms in total. The third kappa shape index (κ3) is 2.13. The van der Waals surface area contributed by atoms with Crippen molar-refractivity contribution in [1.82, 2.24) is 9.88 Å². The highest BCUT2D eigenvalue weighted by atomic mass is 16.2. The first kappa shape index (κ1) is 11.3. The van der Waals surface area contributed by atoms with Gasteiger partial charge in [0.05, 0.1) is 6.42 Å². The Labute approximate surface area is 107 Å². The number of H-pyrrole nitrogens is 1. The molecule has 3 rings (SSSR count). The van der Waals surface area contributed by atoms with Crippen molar-refractivity contribution >= 4 is 16.8 Å². The molecule has 0 aliphatic carbocycles. The van der Waals surface area contributed by atoms with E-state index >= 15 is 0 Å². The van der Waals surface area contributed by atoms with Crippen LogP contribution in [0.4, 0.5) is 0 Å². The normalized spacial score (nSPS) is 15.5. The highest BCUT2D eigenvalue weighted by Gasteiger charge is 2.17. The molecule has 94 valence electrons. The topological polar surface area (TPSA) is 36.1 Å². The number of carbonyl (C=O) groups excluding carboxylic acids is 1. The number of aromatic nitrogens is 1. The van der Waals surface area contributed by atoms with E-state index in [1.165, 1.54) is 5.39 Å². The standard InChI is InChI=1S/C15H18N2O/c1-11-8-13-9-12(4-5-14(13)16-11)10-15(18)17-6-2-3-7-17/h4-5,8-9,16H,2-3,6-7,10H2,1H3. The number of rotatable bonds is 2. The summed E-state index contributed by atoms with van der Waals surface area (Å²) in [6.07, 6.45) is 2.84. The molecule has 1 fully saturated rings. The first-order valence-electron chi connectivity index (χ1n) is 6.58. The van der Waals surface area contributed by atoms with Crippen molar-refractivity contribution in [3.63, 3.8) is 0 Å². The zero-order valence-corrected chi connectivity index (χ0v) is 10.7. The molecule has 0 spiro atoms. The fraction of sp³-hybridized carbons (Fsp3) is 0.400. The molecule has 2 heterocycles. The summed E-state index contributed by atoms with van der Waals surface area (Å²) in [7, 11) is 0. The molecule has 1 aliphatic rings. The fourth-order valence-electron chi connectivity index (χ4n) is 2.69. The monoisotopic (exact) mass is 242 g/mol. The number of fused-ring (bicyclic) bond motifs is 1. The largest absolute Gasteiger partial charge is 0.359 e. The van der Waals surface area contributed by atoms with Gasteiger partial charge in [-0.25, -0.2) is 0 Å².